The number of carboxylic acid groups (broad SMARTS) is 1. The summed E-state index contributed by atoms with van der Waals surface area (Å²) in [5, 5.41) is 20.9. The lowest BCUT2D eigenvalue weighted by Crippen LogP contribution is -2.45. The minimum Gasteiger partial charge on any atom is -0.478 e. The van der Waals surface area contributed by atoms with Crippen molar-refractivity contribution < 1.29 is 14.6 Å². The first kappa shape index (κ1) is 15.7. The zero-order chi connectivity index (χ0) is 15.5. The second-order valence-corrected chi connectivity index (χ2v) is 5.46. The highest BCUT2D eigenvalue weighted by Gasteiger charge is 2.37. The number of nitrogens with one attached hydrogen (secondary N) is 1. The molecule has 0 atom stereocenters. The number of carbonyl (C=O) groups is 1. The zero-order valence-corrected chi connectivity index (χ0v) is 12.9. The van der Waals surface area contributed by atoms with Crippen LogP contribution in [0.3, 0.4) is 0 Å². The molecule has 0 bridgehead atoms. The van der Waals surface area contributed by atoms with Gasteiger partial charge in [-0.15, -0.1) is 5.10 Å². The largest absolute Gasteiger partial charge is 0.478 e. The second-order valence-electron chi connectivity index (χ2n) is 5.46. The van der Waals surface area contributed by atoms with E-state index in [1.165, 1.54) is 0 Å². The van der Waals surface area contributed by atoms with Gasteiger partial charge in [0.05, 0.1) is 11.3 Å². The molecule has 1 aromatic heterocycles. The molecule has 0 aromatic carbocycles. The van der Waals surface area contributed by atoms with Crippen LogP contribution in [0.25, 0.3) is 0 Å². The van der Waals surface area contributed by atoms with Crippen molar-refractivity contribution in [2.24, 2.45) is 0 Å². The number of anilines is 1. The van der Waals surface area contributed by atoms with E-state index in [1.807, 2.05) is 13.8 Å². The van der Waals surface area contributed by atoms with E-state index in [0.29, 0.717) is 25.2 Å². The van der Waals surface area contributed by atoms with Crippen LogP contribution >= 0.6 is 0 Å². The van der Waals surface area contributed by atoms with Crippen LogP contribution in [0, 0.1) is 0 Å². The van der Waals surface area contributed by atoms with Gasteiger partial charge in [0.1, 0.15) is 5.56 Å². The minimum absolute atomic E-state index is 0.187. The van der Waals surface area contributed by atoms with Gasteiger partial charge in [-0.25, -0.2) is 4.79 Å². The molecule has 1 aromatic rings. The summed E-state index contributed by atoms with van der Waals surface area (Å²) in [6.45, 7) is 4.46. The number of carboxylic acids is 1. The normalized spacial score (nSPS) is 16.3. The molecule has 2 rings (SSSR count). The molecule has 21 heavy (non-hydrogen) atoms. The molecular weight excluding hydrogens is 270 g/mol. The Morgan fingerprint density at radius 1 is 1.33 bits per heavy atom. The molecule has 116 valence electrons. The van der Waals surface area contributed by atoms with Crippen LogP contribution in [0.2, 0.25) is 0 Å². The quantitative estimate of drug-likeness (QED) is 0.802. The molecule has 1 aliphatic rings. The maximum Gasteiger partial charge on any atom is 0.339 e. The number of hydrogen-bond acceptors (Lipinski definition) is 5. The summed E-state index contributed by atoms with van der Waals surface area (Å²) >= 11 is 0. The van der Waals surface area contributed by atoms with Gasteiger partial charge in [-0.3, -0.25) is 0 Å². The molecule has 0 unspecified atom stereocenters. The highest BCUT2D eigenvalue weighted by molar-refractivity contribution is 5.95. The third-order valence-corrected chi connectivity index (χ3v) is 4.34. The van der Waals surface area contributed by atoms with Crippen molar-refractivity contribution in [3.05, 3.63) is 16.8 Å². The summed E-state index contributed by atoms with van der Waals surface area (Å²) in [4.78, 5) is 11.6. The van der Waals surface area contributed by atoms with Crippen molar-refractivity contribution >= 4 is 11.8 Å². The minimum atomic E-state index is -0.959. The van der Waals surface area contributed by atoms with E-state index in [1.54, 1.807) is 7.11 Å². The van der Waals surface area contributed by atoms with Gasteiger partial charge in [-0.05, 0) is 37.7 Å². The molecule has 0 spiro atoms. The van der Waals surface area contributed by atoms with Crippen LogP contribution in [0.15, 0.2) is 0 Å². The Hall–Kier alpha value is -1.69. The molecule has 2 N–H and O–H groups in total. The van der Waals surface area contributed by atoms with Crippen molar-refractivity contribution in [1.82, 2.24) is 10.2 Å². The third-order valence-electron chi connectivity index (χ3n) is 4.34. The molecular formula is C15H23N3O3. The number of methoxy groups -OCH3 is 1. The Kier molecular flexibility index (Phi) is 4.77. The number of ether oxygens (including phenoxy) is 1. The van der Waals surface area contributed by atoms with E-state index >= 15 is 0 Å². The molecule has 6 nitrogen and oxygen atoms in total. The monoisotopic (exact) mass is 293 g/mol. The van der Waals surface area contributed by atoms with Gasteiger partial charge in [-0.1, -0.05) is 13.8 Å². The number of nitrogens with zero attached hydrogens (tertiary/aromatic N) is 2. The molecule has 1 heterocycles. The van der Waals surface area contributed by atoms with Gasteiger partial charge >= 0.3 is 5.97 Å². The van der Waals surface area contributed by atoms with Crippen molar-refractivity contribution in [1.29, 1.82) is 0 Å². The van der Waals surface area contributed by atoms with Crippen molar-refractivity contribution in [2.75, 3.05) is 19.0 Å². The van der Waals surface area contributed by atoms with Gasteiger partial charge < -0.3 is 15.2 Å². The van der Waals surface area contributed by atoms with E-state index in [0.717, 1.165) is 30.5 Å². The smallest absolute Gasteiger partial charge is 0.339 e. The topological polar surface area (TPSA) is 84.3 Å². The second kappa shape index (κ2) is 6.39. The SMILES string of the molecule is CCc1nnc(NCC2(OC)CCC2)c(C(=O)O)c1CC. The Balaban J connectivity index is 2.28. The fourth-order valence-electron chi connectivity index (χ4n) is 2.80. The standard InChI is InChI=1S/C15H23N3O3/c1-4-10-11(5-2)17-18-13(12(10)14(19)20)16-9-15(21-3)7-6-8-15/h4-9H2,1-3H3,(H,16,18)(H,19,20). The summed E-state index contributed by atoms with van der Waals surface area (Å²) in [6.07, 6.45) is 4.42. The van der Waals surface area contributed by atoms with Crippen molar-refractivity contribution in [3.8, 4) is 0 Å². The summed E-state index contributed by atoms with van der Waals surface area (Å²) < 4.78 is 5.54. The summed E-state index contributed by atoms with van der Waals surface area (Å²) in [6, 6.07) is 0. The van der Waals surface area contributed by atoms with Crippen LogP contribution in [-0.2, 0) is 17.6 Å². The molecule has 0 saturated heterocycles. The fourth-order valence-corrected chi connectivity index (χ4v) is 2.80. The first-order chi connectivity index (χ1) is 10.1. The predicted molar refractivity (Wildman–Crippen MR) is 79.8 cm³/mol. The number of aryl methyl sites for hydroxylation is 1. The van der Waals surface area contributed by atoms with Gasteiger partial charge in [-0.2, -0.15) is 5.10 Å². The molecule has 6 heteroatoms. The summed E-state index contributed by atoms with van der Waals surface area (Å²) in [7, 11) is 1.70. The maximum absolute atomic E-state index is 11.6. The highest BCUT2D eigenvalue weighted by atomic mass is 16.5. The van der Waals surface area contributed by atoms with Crippen LogP contribution in [-0.4, -0.2) is 40.5 Å². The van der Waals surface area contributed by atoms with E-state index in [2.05, 4.69) is 15.5 Å². The average molecular weight is 293 g/mol. The number of aromatic carboxylic acids is 1. The van der Waals surface area contributed by atoms with Gasteiger partial charge in [0.15, 0.2) is 5.82 Å². The van der Waals surface area contributed by atoms with Crippen LogP contribution < -0.4 is 5.32 Å². The number of rotatable bonds is 7. The predicted octanol–water partition coefficient (Wildman–Crippen LogP) is 2.28. The highest BCUT2D eigenvalue weighted by Crippen LogP contribution is 2.35. The van der Waals surface area contributed by atoms with Gasteiger partial charge in [0, 0.05) is 13.7 Å². The lowest BCUT2D eigenvalue weighted by Gasteiger charge is -2.40. The lowest BCUT2D eigenvalue weighted by molar-refractivity contribution is -0.0602. The van der Waals surface area contributed by atoms with Crippen LogP contribution in [0.1, 0.15) is 54.7 Å². The molecule has 1 saturated carbocycles. The Morgan fingerprint density at radius 2 is 2.05 bits per heavy atom. The summed E-state index contributed by atoms with van der Waals surface area (Å²) in [5.41, 5.74) is 1.58. The van der Waals surface area contributed by atoms with E-state index in [4.69, 9.17) is 4.74 Å². The zero-order valence-electron chi connectivity index (χ0n) is 12.9. The maximum atomic E-state index is 11.6. The van der Waals surface area contributed by atoms with Crippen molar-refractivity contribution in [2.45, 2.75) is 51.6 Å². The first-order valence-electron chi connectivity index (χ1n) is 7.47. The van der Waals surface area contributed by atoms with Crippen LogP contribution in [0.5, 0.6) is 0 Å². The van der Waals surface area contributed by atoms with Crippen molar-refractivity contribution in [3.63, 3.8) is 0 Å². The van der Waals surface area contributed by atoms with Gasteiger partial charge in [0.25, 0.3) is 0 Å². The molecule has 0 aliphatic heterocycles. The fraction of sp³-hybridized carbons (Fsp3) is 0.667. The first-order valence-corrected chi connectivity index (χ1v) is 7.47. The Morgan fingerprint density at radius 3 is 2.48 bits per heavy atom. The molecule has 1 fully saturated rings. The lowest BCUT2D eigenvalue weighted by atomic mass is 9.80. The van der Waals surface area contributed by atoms with Gasteiger partial charge in [0.2, 0.25) is 0 Å². The van der Waals surface area contributed by atoms with E-state index < -0.39 is 5.97 Å². The Labute approximate surface area is 124 Å². The number of aromatic nitrogens is 2. The molecule has 0 radical (unpaired) electrons. The third kappa shape index (κ3) is 3.00. The summed E-state index contributed by atoms with van der Waals surface area (Å²) in [5.74, 6) is -0.612. The molecule has 1 aliphatic carbocycles. The van der Waals surface area contributed by atoms with Crippen LogP contribution in [0.4, 0.5) is 5.82 Å². The Bertz CT molecular complexity index is 522. The molecule has 0 amide bonds. The average Bonchev–Trinajstić information content (AvgIpc) is 2.45. The van der Waals surface area contributed by atoms with E-state index in [9.17, 15) is 9.90 Å². The number of hydrogen-bond donors (Lipinski definition) is 2. The van der Waals surface area contributed by atoms with E-state index in [-0.39, 0.29) is 11.2 Å².